The molecule has 2 rings (SSSR count). The van der Waals surface area contributed by atoms with Crippen molar-refractivity contribution >= 4 is 15.9 Å². The second kappa shape index (κ2) is 8.80. The number of ether oxygens (including phenoxy) is 1. The van der Waals surface area contributed by atoms with Crippen LogP contribution in [0.25, 0.3) is 0 Å². The van der Waals surface area contributed by atoms with Crippen LogP contribution in [0.5, 0.6) is 5.75 Å². The molecule has 0 saturated carbocycles. The highest BCUT2D eigenvalue weighted by molar-refractivity contribution is 9.10. The third kappa shape index (κ3) is 5.48. The monoisotopic (exact) mass is 348 g/mol. The SMILES string of the molecule is CCCOc1ccc(Br)cc1CNCCc1ccccn1. The van der Waals surface area contributed by atoms with E-state index in [2.05, 4.69) is 45.3 Å². The third-order valence-electron chi connectivity index (χ3n) is 3.08. The third-order valence-corrected chi connectivity index (χ3v) is 3.58. The first-order chi connectivity index (χ1) is 10.3. The Morgan fingerprint density at radius 2 is 2.14 bits per heavy atom. The van der Waals surface area contributed by atoms with Crippen LogP contribution >= 0.6 is 15.9 Å². The van der Waals surface area contributed by atoms with E-state index in [1.165, 1.54) is 5.56 Å². The fraction of sp³-hybridized carbons (Fsp3) is 0.353. The van der Waals surface area contributed by atoms with Gasteiger partial charge in [0.15, 0.2) is 0 Å². The van der Waals surface area contributed by atoms with E-state index in [1.54, 1.807) is 0 Å². The van der Waals surface area contributed by atoms with Crippen LogP contribution < -0.4 is 10.1 Å². The summed E-state index contributed by atoms with van der Waals surface area (Å²) in [6.45, 7) is 4.56. The average Bonchev–Trinajstić information content (AvgIpc) is 2.52. The van der Waals surface area contributed by atoms with Gasteiger partial charge in [-0.25, -0.2) is 0 Å². The molecule has 112 valence electrons. The van der Waals surface area contributed by atoms with E-state index in [0.717, 1.165) is 48.5 Å². The largest absolute Gasteiger partial charge is 0.493 e. The number of nitrogens with one attached hydrogen (secondary N) is 1. The predicted octanol–water partition coefficient (Wildman–Crippen LogP) is 3.97. The van der Waals surface area contributed by atoms with E-state index in [4.69, 9.17) is 4.74 Å². The summed E-state index contributed by atoms with van der Waals surface area (Å²) in [5.41, 5.74) is 2.29. The average molecular weight is 349 g/mol. The number of hydrogen-bond acceptors (Lipinski definition) is 3. The number of rotatable bonds is 8. The highest BCUT2D eigenvalue weighted by Crippen LogP contribution is 2.23. The van der Waals surface area contributed by atoms with Crippen LogP contribution in [0.15, 0.2) is 47.1 Å². The van der Waals surface area contributed by atoms with Crippen molar-refractivity contribution in [3.8, 4) is 5.75 Å². The number of pyridine rings is 1. The van der Waals surface area contributed by atoms with Crippen molar-refractivity contribution in [3.63, 3.8) is 0 Å². The molecule has 0 aliphatic carbocycles. The zero-order valence-corrected chi connectivity index (χ0v) is 13.9. The van der Waals surface area contributed by atoms with Gasteiger partial charge in [0.25, 0.3) is 0 Å². The topological polar surface area (TPSA) is 34.1 Å². The molecular formula is C17H21BrN2O. The molecule has 0 aliphatic heterocycles. The van der Waals surface area contributed by atoms with Gasteiger partial charge in [-0.2, -0.15) is 0 Å². The molecule has 0 aliphatic rings. The first-order valence-corrected chi connectivity index (χ1v) is 8.10. The molecule has 0 unspecified atom stereocenters. The van der Waals surface area contributed by atoms with Crippen molar-refractivity contribution in [2.75, 3.05) is 13.2 Å². The fourth-order valence-electron chi connectivity index (χ4n) is 2.02. The minimum absolute atomic E-state index is 0.753. The first-order valence-electron chi connectivity index (χ1n) is 7.31. The number of hydrogen-bond donors (Lipinski definition) is 1. The van der Waals surface area contributed by atoms with Crippen molar-refractivity contribution in [2.45, 2.75) is 26.3 Å². The molecule has 1 N–H and O–H groups in total. The standard InChI is InChI=1S/C17H21BrN2O/c1-2-11-21-17-7-6-15(18)12-14(17)13-19-10-8-16-5-3-4-9-20-16/h3-7,9,12,19H,2,8,10-11,13H2,1H3. The minimum Gasteiger partial charge on any atom is -0.493 e. The van der Waals surface area contributed by atoms with Crippen molar-refractivity contribution in [1.82, 2.24) is 10.3 Å². The normalized spacial score (nSPS) is 10.6. The van der Waals surface area contributed by atoms with E-state index in [-0.39, 0.29) is 0 Å². The molecule has 0 spiro atoms. The summed E-state index contributed by atoms with van der Waals surface area (Å²) in [7, 11) is 0. The van der Waals surface area contributed by atoms with Crippen LogP contribution in [-0.4, -0.2) is 18.1 Å². The summed E-state index contributed by atoms with van der Waals surface area (Å²) < 4.78 is 6.86. The van der Waals surface area contributed by atoms with Gasteiger partial charge < -0.3 is 10.1 Å². The molecular weight excluding hydrogens is 328 g/mol. The zero-order valence-electron chi connectivity index (χ0n) is 12.3. The van der Waals surface area contributed by atoms with Gasteiger partial charge in [0, 0.05) is 41.4 Å². The Hall–Kier alpha value is -1.39. The van der Waals surface area contributed by atoms with E-state index in [1.807, 2.05) is 30.5 Å². The smallest absolute Gasteiger partial charge is 0.123 e. The van der Waals surface area contributed by atoms with Gasteiger partial charge in [0.2, 0.25) is 0 Å². The highest BCUT2D eigenvalue weighted by atomic mass is 79.9. The van der Waals surface area contributed by atoms with Crippen LogP contribution in [0.2, 0.25) is 0 Å². The lowest BCUT2D eigenvalue weighted by Gasteiger charge is -2.12. The number of benzene rings is 1. The lowest BCUT2D eigenvalue weighted by atomic mass is 10.2. The first kappa shape index (κ1) is 16.0. The predicted molar refractivity (Wildman–Crippen MR) is 89.6 cm³/mol. The van der Waals surface area contributed by atoms with Crippen molar-refractivity contribution in [1.29, 1.82) is 0 Å². The lowest BCUT2D eigenvalue weighted by molar-refractivity contribution is 0.313. The molecule has 0 bridgehead atoms. The van der Waals surface area contributed by atoms with Gasteiger partial charge in [-0.1, -0.05) is 28.9 Å². The second-order valence-corrected chi connectivity index (χ2v) is 5.76. The summed E-state index contributed by atoms with van der Waals surface area (Å²) in [6, 6.07) is 12.2. The van der Waals surface area contributed by atoms with Crippen molar-refractivity contribution in [3.05, 3.63) is 58.3 Å². The molecule has 0 atom stereocenters. The Morgan fingerprint density at radius 1 is 1.24 bits per heavy atom. The molecule has 21 heavy (non-hydrogen) atoms. The molecule has 1 heterocycles. The van der Waals surface area contributed by atoms with Crippen LogP contribution in [-0.2, 0) is 13.0 Å². The molecule has 0 saturated heterocycles. The summed E-state index contributed by atoms with van der Waals surface area (Å²) in [5.74, 6) is 0.963. The maximum absolute atomic E-state index is 5.78. The lowest BCUT2D eigenvalue weighted by Crippen LogP contribution is -2.17. The number of nitrogens with zero attached hydrogens (tertiary/aromatic N) is 1. The Kier molecular flexibility index (Phi) is 6.70. The van der Waals surface area contributed by atoms with Gasteiger partial charge in [0.1, 0.15) is 5.75 Å². The summed E-state index contributed by atoms with van der Waals surface area (Å²) in [6.07, 6.45) is 3.78. The van der Waals surface area contributed by atoms with Crippen LogP contribution in [0.4, 0.5) is 0 Å². The number of aromatic nitrogens is 1. The van der Waals surface area contributed by atoms with Crippen molar-refractivity contribution in [2.24, 2.45) is 0 Å². The van der Waals surface area contributed by atoms with Crippen molar-refractivity contribution < 1.29 is 4.74 Å². The zero-order chi connectivity index (χ0) is 14.9. The van der Waals surface area contributed by atoms with Gasteiger partial charge >= 0.3 is 0 Å². The summed E-state index contributed by atoms with van der Waals surface area (Å²) in [4.78, 5) is 4.32. The van der Waals surface area contributed by atoms with Crippen LogP contribution in [0.3, 0.4) is 0 Å². The Balaban J connectivity index is 1.85. The molecule has 1 aromatic heterocycles. The van der Waals surface area contributed by atoms with Gasteiger partial charge in [0.05, 0.1) is 6.61 Å². The van der Waals surface area contributed by atoms with E-state index in [9.17, 15) is 0 Å². The quantitative estimate of drug-likeness (QED) is 0.733. The van der Waals surface area contributed by atoms with E-state index >= 15 is 0 Å². The highest BCUT2D eigenvalue weighted by Gasteiger charge is 2.04. The van der Waals surface area contributed by atoms with Gasteiger partial charge in [-0.05, 0) is 36.8 Å². The molecule has 0 radical (unpaired) electrons. The Morgan fingerprint density at radius 3 is 2.90 bits per heavy atom. The Labute approximate surface area is 134 Å². The molecule has 1 aromatic carbocycles. The minimum atomic E-state index is 0.753. The summed E-state index contributed by atoms with van der Waals surface area (Å²) >= 11 is 3.52. The maximum Gasteiger partial charge on any atom is 0.123 e. The van der Waals surface area contributed by atoms with Crippen LogP contribution in [0, 0.1) is 0 Å². The molecule has 0 amide bonds. The molecule has 2 aromatic rings. The molecule has 4 heteroatoms. The summed E-state index contributed by atoms with van der Waals surface area (Å²) in [5, 5.41) is 3.45. The number of halogens is 1. The Bertz CT molecular complexity index is 546. The van der Waals surface area contributed by atoms with E-state index < -0.39 is 0 Å². The molecule has 3 nitrogen and oxygen atoms in total. The van der Waals surface area contributed by atoms with Gasteiger partial charge in [-0.15, -0.1) is 0 Å². The fourth-order valence-corrected chi connectivity index (χ4v) is 2.43. The second-order valence-electron chi connectivity index (χ2n) is 4.85. The molecule has 0 fully saturated rings. The van der Waals surface area contributed by atoms with Gasteiger partial charge in [-0.3, -0.25) is 4.98 Å². The maximum atomic E-state index is 5.78. The van der Waals surface area contributed by atoms with E-state index in [0.29, 0.717) is 0 Å². The van der Waals surface area contributed by atoms with Crippen LogP contribution in [0.1, 0.15) is 24.6 Å².